The highest BCUT2D eigenvalue weighted by molar-refractivity contribution is 6.00. The molecule has 3 N–H and O–H groups in total. The van der Waals surface area contributed by atoms with Crippen LogP contribution in [0, 0.1) is 0 Å². The van der Waals surface area contributed by atoms with Crippen molar-refractivity contribution in [3.63, 3.8) is 0 Å². The number of benzene rings is 2. The molecular formula is C16H18N2O. The van der Waals surface area contributed by atoms with Crippen LogP contribution in [0.2, 0.25) is 0 Å². The largest absolute Gasteiger partial charge is 0.399 e. The van der Waals surface area contributed by atoms with E-state index in [9.17, 15) is 4.79 Å². The van der Waals surface area contributed by atoms with Crippen LogP contribution in [0.1, 0.15) is 22.8 Å². The highest BCUT2D eigenvalue weighted by Crippen LogP contribution is 2.08. The molecule has 2 aromatic carbocycles. The van der Waals surface area contributed by atoms with Gasteiger partial charge in [-0.1, -0.05) is 30.3 Å². The van der Waals surface area contributed by atoms with Crippen LogP contribution in [0.3, 0.4) is 0 Å². The molecule has 0 bridgehead atoms. The summed E-state index contributed by atoms with van der Waals surface area (Å²) in [5.41, 5.74) is 8.13. The van der Waals surface area contributed by atoms with Gasteiger partial charge in [-0.05, 0) is 36.8 Å². The second-order valence-corrected chi connectivity index (χ2v) is 4.57. The summed E-state index contributed by atoms with van der Waals surface area (Å²) in [6.45, 7) is 2.56. The Kier molecular flexibility index (Phi) is 4.31. The predicted molar refractivity (Wildman–Crippen MR) is 77.9 cm³/mol. The number of carbonyl (C=O) groups excluding carboxylic acids is 1. The highest BCUT2D eigenvalue weighted by Gasteiger charge is 2.14. The molecule has 0 radical (unpaired) electrons. The molecule has 3 nitrogen and oxygen atoms in total. The minimum atomic E-state index is -0.219. The summed E-state index contributed by atoms with van der Waals surface area (Å²) in [6.07, 6.45) is 0. The number of ketones is 1. The van der Waals surface area contributed by atoms with Crippen molar-refractivity contribution in [3.05, 3.63) is 65.7 Å². The van der Waals surface area contributed by atoms with E-state index in [4.69, 9.17) is 5.73 Å². The normalized spacial score (nSPS) is 12.1. The van der Waals surface area contributed by atoms with E-state index >= 15 is 0 Å². The Morgan fingerprint density at radius 1 is 1.11 bits per heavy atom. The van der Waals surface area contributed by atoms with Gasteiger partial charge in [0, 0.05) is 17.8 Å². The number of rotatable bonds is 5. The molecule has 2 rings (SSSR count). The maximum Gasteiger partial charge on any atom is 0.179 e. The number of nitrogens with two attached hydrogens (primary N) is 1. The standard InChI is InChI=1S/C16H18N2O/c1-12(18-11-13-5-3-2-4-6-13)16(19)14-7-9-15(17)10-8-14/h2-10,12,18H,11,17H2,1H3. The molecule has 19 heavy (non-hydrogen) atoms. The lowest BCUT2D eigenvalue weighted by molar-refractivity contribution is 0.0950. The van der Waals surface area contributed by atoms with E-state index in [0.29, 0.717) is 17.8 Å². The van der Waals surface area contributed by atoms with Crippen molar-refractivity contribution in [1.82, 2.24) is 5.32 Å². The van der Waals surface area contributed by atoms with E-state index in [-0.39, 0.29) is 11.8 Å². The van der Waals surface area contributed by atoms with E-state index in [2.05, 4.69) is 5.32 Å². The summed E-state index contributed by atoms with van der Waals surface area (Å²) in [6, 6.07) is 16.8. The zero-order valence-corrected chi connectivity index (χ0v) is 11.0. The first kappa shape index (κ1) is 13.3. The molecule has 1 atom stereocenters. The fraction of sp³-hybridized carbons (Fsp3) is 0.188. The van der Waals surface area contributed by atoms with Gasteiger partial charge in [0.25, 0.3) is 0 Å². The maximum absolute atomic E-state index is 12.2. The number of carbonyl (C=O) groups is 1. The monoisotopic (exact) mass is 254 g/mol. The zero-order chi connectivity index (χ0) is 13.7. The molecule has 98 valence electrons. The van der Waals surface area contributed by atoms with Gasteiger partial charge in [0.05, 0.1) is 6.04 Å². The second-order valence-electron chi connectivity index (χ2n) is 4.57. The average Bonchev–Trinajstić information content (AvgIpc) is 2.46. The van der Waals surface area contributed by atoms with Gasteiger partial charge >= 0.3 is 0 Å². The van der Waals surface area contributed by atoms with Crippen molar-refractivity contribution in [3.8, 4) is 0 Å². The number of anilines is 1. The smallest absolute Gasteiger partial charge is 0.179 e. The Morgan fingerprint density at radius 2 is 1.74 bits per heavy atom. The minimum absolute atomic E-state index is 0.0796. The van der Waals surface area contributed by atoms with Crippen LogP contribution in [0.25, 0.3) is 0 Å². The maximum atomic E-state index is 12.2. The third-order valence-corrected chi connectivity index (χ3v) is 3.04. The summed E-state index contributed by atoms with van der Waals surface area (Å²) in [7, 11) is 0. The van der Waals surface area contributed by atoms with Crippen LogP contribution in [0.5, 0.6) is 0 Å². The van der Waals surface area contributed by atoms with E-state index < -0.39 is 0 Å². The number of hydrogen-bond acceptors (Lipinski definition) is 3. The van der Waals surface area contributed by atoms with Gasteiger partial charge in [0.1, 0.15) is 0 Å². The molecule has 0 saturated carbocycles. The summed E-state index contributed by atoms with van der Waals surface area (Å²) < 4.78 is 0. The van der Waals surface area contributed by atoms with Crippen molar-refractivity contribution in [2.45, 2.75) is 19.5 Å². The third-order valence-electron chi connectivity index (χ3n) is 3.04. The molecule has 0 saturated heterocycles. The van der Waals surface area contributed by atoms with Crippen molar-refractivity contribution in [1.29, 1.82) is 0 Å². The van der Waals surface area contributed by atoms with Gasteiger partial charge < -0.3 is 11.1 Å². The van der Waals surface area contributed by atoms with Crippen molar-refractivity contribution >= 4 is 11.5 Å². The Hall–Kier alpha value is -2.13. The number of nitrogen functional groups attached to an aromatic ring is 1. The van der Waals surface area contributed by atoms with Crippen molar-refractivity contribution in [2.75, 3.05) is 5.73 Å². The molecular weight excluding hydrogens is 236 g/mol. The van der Waals surface area contributed by atoms with E-state index in [1.165, 1.54) is 5.56 Å². The Labute approximate surface area is 113 Å². The first-order chi connectivity index (χ1) is 9.16. The summed E-state index contributed by atoms with van der Waals surface area (Å²) >= 11 is 0. The van der Waals surface area contributed by atoms with Gasteiger partial charge in [0.2, 0.25) is 0 Å². The van der Waals surface area contributed by atoms with Crippen LogP contribution in [0.15, 0.2) is 54.6 Å². The van der Waals surface area contributed by atoms with Gasteiger partial charge in [-0.3, -0.25) is 4.79 Å². The van der Waals surface area contributed by atoms with Crippen LogP contribution < -0.4 is 11.1 Å². The quantitative estimate of drug-likeness (QED) is 0.637. The molecule has 2 aromatic rings. The Morgan fingerprint density at radius 3 is 2.37 bits per heavy atom. The Balaban J connectivity index is 1.94. The lowest BCUT2D eigenvalue weighted by atomic mass is 10.0. The van der Waals surface area contributed by atoms with Gasteiger partial charge in [-0.2, -0.15) is 0 Å². The van der Waals surface area contributed by atoms with Crippen molar-refractivity contribution in [2.24, 2.45) is 0 Å². The molecule has 0 amide bonds. The predicted octanol–water partition coefficient (Wildman–Crippen LogP) is 2.63. The molecule has 0 heterocycles. The number of hydrogen-bond donors (Lipinski definition) is 2. The lowest BCUT2D eigenvalue weighted by Crippen LogP contribution is -2.33. The van der Waals surface area contributed by atoms with Crippen LogP contribution >= 0.6 is 0 Å². The van der Waals surface area contributed by atoms with Crippen LogP contribution in [-0.2, 0) is 6.54 Å². The molecule has 0 spiro atoms. The Bertz CT molecular complexity index is 534. The first-order valence-corrected chi connectivity index (χ1v) is 6.34. The zero-order valence-electron chi connectivity index (χ0n) is 11.0. The molecule has 0 aliphatic rings. The number of Topliss-reactive ketones (excluding diaryl/α,β-unsaturated/α-hetero) is 1. The fourth-order valence-electron chi connectivity index (χ4n) is 1.86. The first-order valence-electron chi connectivity index (χ1n) is 6.34. The second kappa shape index (κ2) is 6.16. The van der Waals surface area contributed by atoms with Gasteiger partial charge in [-0.25, -0.2) is 0 Å². The van der Waals surface area contributed by atoms with Gasteiger partial charge in [-0.15, -0.1) is 0 Å². The van der Waals surface area contributed by atoms with Crippen LogP contribution in [0.4, 0.5) is 5.69 Å². The molecule has 0 aliphatic carbocycles. The molecule has 1 unspecified atom stereocenters. The lowest BCUT2D eigenvalue weighted by Gasteiger charge is -2.13. The molecule has 0 aromatic heterocycles. The minimum Gasteiger partial charge on any atom is -0.399 e. The number of nitrogens with one attached hydrogen (secondary N) is 1. The average molecular weight is 254 g/mol. The highest BCUT2D eigenvalue weighted by atomic mass is 16.1. The fourth-order valence-corrected chi connectivity index (χ4v) is 1.86. The SMILES string of the molecule is CC(NCc1ccccc1)C(=O)c1ccc(N)cc1. The summed E-state index contributed by atoms with van der Waals surface area (Å²) in [4.78, 5) is 12.2. The third kappa shape index (κ3) is 3.66. The van der Waals surface area contributed by atoms with E-state index in [0.717, 1.165) is 0 Å². The molecule has 0 fully saturated rings. The van der Waals surface area contributed by atoms with E-state index in [1.807, 2.05) is 37.3 Å². The summed E-state index contributed by atoms with van der Waals surface area (Å²) in [5.74, 6) is 0.0796. The van der Waals surface area contributed by atoms with Gasteiger partial charge in [0.15, 0.2) is 5.78 Å². The molecule has 0 aliphatic heterocycles. The molecule has 3 heteroatoms. The van der Waals surface area contributed by atoms with Crippen molar-refractivity contribution < 1.29 is 4.79 Å². The van der Waals surface area contributed by atoms with E-state index in [1.54, 1.807) is 24.3 Å². The topological polar surface area (TPSA) is 55.1 Å². The van der Waals surface area contributed by atoms with Crippen LogP contribution in [-0.4, -0.2) is 11.8 Å². The summed E-state index contributed by atoms with van der Waals surface area (Å²) in [5, 5.41) is 3.23.